The number of methoxy groups -OCH3 is 1. The molecule has 1 saturated carbocycles. The molecule has 1 aromatic carbocycles. The average Bonchev–Trinajstić information content (AvgIpc) is 2.49. The lowest BCUT2D eigenvalue weighted by Crippen LogP contribution is -2.30. The highest BCUT2D eigenvalue weighted by Gasteiger charge is 2.31. The van der Waals surface area contributed by atoms with Gasteiger partial charge in [-0.2, -0.15) is 0 Å². The fourth-order valence-corrected chi connectivity index (χ4v) is 2.63. The summed E-state index contributed by atoms with van der Waals surface area (Å²) in [5.41, 5.74) is 0.440. The summed E-state index contributed by atoms with van der Waals surface area (Å²) in [6.45, 7) is 0. The normalized spacial score (nSPS) is 21.6. The summed E-state index contributed by atoms with van der Waals surface area (Å²) in [5.74, 6) is -2.31. The van der Waals surface area contributed by atoms with E-state index in [0.29, 0.717) is 24.9 Å². The number of anilines is 1. The van der Waals surface area contributed by atoms with E-state index in [0.717, 1.165) is 6.42 Å². The molecule has 2 unspecified atom stereocenters. The topological polar surface area (TPSA) is 75.6 Å². The van der Waals surface area contributed by atoms with Crippen molar-refractivity contribution in [2.24, 2.45) is 11.8 Å². The Morgan fingerprint density at radius 1 is 1.33 bits per heavy atom. The Bertz CT molecular complexity index is 546. The first kappa shape index (κ1) is 15.3. The summed E-state index contributed by atoms with van der Waals surface area (Å²) >= 11 is 0. The van der Waals surface area contributed by atoms with Gasteiger partial charge in [0.05, 0.1) is 13.0 Å². The Hall–Kier alpha value is -2.11. The van der Waals surface area contributed by atoms with E-state index in [1.165, 1.54) is 25.3 Å². The lowest BCUT2D eigenvalue weighted by atomic mass is 9.81. The molecule has 0 saturated heterocycles. The summed E-state index contributed by atoms with van der Waals surface area (Å²) in [4.78, 5) is 23.2. The van der Waals surface area contributed by atoms with Crippen molar-refractivity contribution in [1.82, 2.24) is 0 Å². The molecule has 0 heterocycles. The van der Waals surface area contributed by atoms with Crippen LogP contribution in [0.25, 0.3) is 0 Å². The van der Waals surface area contributed by atoms with E-state index in [1.54, 1.807) is 0 Å². The number of carboxylic acids is 1. The third-order valence-corrected chi connectivity index (χ3v) is 3.81. The molecular formula is C15H18FNO4. The molecule has 1 fully saturated rings. The molecule has 0 spiro atoms. The van der Waals surface area contributed by atoms with E-state index in [9.17, 15) is 14.0 Å². The van der Waals surface area contributed by atoms with Crippen LogP contribution in [0.2, 0.25) is 0 Å². The minimum atomic E-state index is -0.851. The zero-order chi connectivity index (χ0) is 15.4. The Kier molecular flexibility index (Phi) is 4.77. The number of carboxylic acid groups (broad SMARTS) is 1. The van der Waals surface area contributed by atoms with Crippen molar-refractivity contribution in [2.75, 3.05) is 12.4 Å². The monoisotopic (exact) mass is 295 g/mol. The molecule has 114 valence electrons. The molecule has 0 aromatic heterocycles. The number of ether oxygens (including phenoxy) is 1. The van der Waals surface area contributed by atoms with Crippen molar-refractivity contribution in [3.05, 3.63) is 24.0 Å². The zero-order valence-corrected chi connectivity index (χ0v) is 11.8. The van der Waals surface area contributed by atoms with Crippen LogP contribution in [-0.2, 0) is 9.59 Å². The third kappa shape index (κ3) is 3.71. The van der Waals surface area contributed by atoms with Crippen LogP contribution in [0.4, 0.5) is 10.1 Å². The standard InChI is InChI=1S/C15H18FNO4/c1-21-13-8-11(5-6-12(13)16)17-14(18)9-3-2-4-10(7-9)15(19)20/h5-6,8-10H,2-4,7H2,1H3,(H,17,18)(H,19,20). The van der Waals surface area contributed by atoms with Crippen molar-refractivity contribution in [2.45, 2.75) is 25.7 Å². The maximum absolute atomic E-state index is 13.3. The number of amides is 1. The summed E-state index contributed by atoms with van der Waals surface area (Å²) in [7, 11) is 1.35. The molecule has 21 heavy (non-hydrogen) atoms. The van der Waals surface area contributed by atoms with Gasteiger partial charge in [0.2, 0.25) is 5.91 Å². The molecule has 5 nitrogen and oxygen atoms in total. The van der Waals surface area contributed by atoms with Gasteiger partial charge in [-0.3, -0.25) is 9.59 Å². The number of benzene rings is 1. The number of hydrogen-bond donors (Lipinski definition) is 2. The molecule has 1 amide bonds. The van der Waals surface area contributed by atoms with Crippen LogP contribution in [0, 0.1) is 17.7 Å². The quantitative estimate of drug-likeness (QED) is 0.895. The number of halogens is 1. The van der Waals surface area contributed by atoms with E-state index >= 15 is 0 Å². The van der Waals surface area contributed by atoms with Gasteiger partial charge >= 0.3 is 5.97 Å². The summed E-state index contributed by atoms with van der Waals surface area (Å²) in [6, 6.07) is 4.08. The molecule has 0 bridgehead atoms. The minimum absolute atomic E-state index is 0.0554. The molecule has 2 rings (SSSR count). The van der Waals surface area contributed by atoms with E-state index in [-0.39, 0.29) is 17.6 Å². The van der Waals surface area contributed by atoms with Crippen molar-refractivity contribution < 1.29 is 23.8 Å². The fourth-order valence-electron chi connectivity index (χ4n) is 2.63. The molecule has 1 aliphatic carbocycles. The molecule has 1 aliphatic rings. The second-order valence-electron chi connectivity index (χ2n) is 5.24. The van der Waals surface area contributed by atoms with Gasteiger partial charge in [-0.25, -0.2) is 4.39 Å². The summed E-state index contributed by atoms with van der Waals surface area (Å²) in [5, 5.41) is 11.7. The maximum Gasteiger partial charge on any atom is 0.306 e. The number of carbonyl (C=O) groups is 2. The van der Waals surface area contributed by atoms with Gasteiger partial charge in [0.25, 0.3) is 0 Å². The van der Waals surface area contributed by atoms with Crippen LogP contribution < -0.4 is 10.1 Å². The predicted molar refractivity (Wildman–Crippen MR) is 74.7 cm³/mol. The number of nitrogens with one attached hydrogen (secondary N) is 1. The van der Waals surface area contributed by atoms with Crippen LogP contribution in [0.5, 0.6) is 5.75 Å². The van der Waals surface area contributed by atoms with Crippen molar-refractivity contribution in [3.8, 4) is 5.75 Å². The molecule has 2 N–H and O–H groups in total. The first-order valence-corrected chi connectivity index (χ1v) is 6.88. The van der Waals surface area contributed by atoms with Crippen LogP contribution in [0.3, 0.4) is 0 Å². The third-order valence-electron chi connectivity index (χ3n) is 3.81. The van der Waals surface area contributed by atoms with Crippen LogP contribution in [0.15, 0.2) is 18.2 Å². The lowest BCUT2D eigenvalue weighted by molar-refractivity contribution is -0.143. The van der Waals surface area contributed by atoms with Crippen LogP contribution in [0.1, 0.15) is 25.7 Å². The summed E-state index contributed by atoms with van der Waals surface area (Å²) in [6.07, 6.45) is 2.36. The first-order chi connectivity index (χ1) is 10.0. The number of carbonyl (C=O) groups excluding carboxylic acids is 1. The fraction of sp³-hybridized carbons (Fsp3) is 0.467. The molecule has 0 radical (unpaired) electrons. The van der Waals surface area contributed by atoms with E-state index in [2.05, 4.69) is 5.32 Å². The van der Waals surface area contributed by atoms with Gasteiger partial charge in [0, 0.05) is 17.7 Å². The smallest absolute Gasteiger partial charge is 0.306 e. The van der Waals surface area contributed by atoms with Gasteiger partial charge in [0.15, 0.2) is 11.6 Å². The number of aliphatic carboxylic acids is 1. The largest absolute Gasteiger partial charge is 0.494 e. The Labute approximate surface area is 122 Å². The van der Waals surface area contributed by atoms with E-state index in [1.807, 2.05) is 0 Å². The van der Waals surface area contributed by atoms with Crippen molar-refractivity contribution >= 4 is 17.6 Å². The van der Waals surface area contributed by atoms with Gasteiger partial charge in [-0.1, -0.05) is 6.42 Å². The van der Waals surface area contributed by atoms with Gasteiger partial charge in [0.1, 0.15) is 0 Å². The maximum atomic E-state index is 13.3. The van der Waals surface area contributed by atoms with Gasteiger partial charge < -0.3 is 15.2 Å². The highest BCUT2D eigenvalue weighted by Crippen LogP contribution is 2.30. The molecule has 6 heteroatoms. The van der Waals surface area contributed by atoms with E-state index in [4.69, 9.17) is 9.84 Å². The van der Waals surface area contributed by atoms with E-state index < -0.39 is 17.7 Å². The molecule has 2 atom stereocenters. The Balaban J connectivity index is 2.02. The van der Waals surface area contributed by atoms with Crippen LogP contribution in [-0.4, -0.2) is 24.1 Å². The van der Waals surface area contributed by atoms with Crippen LogP contribution >= 0.6 is 0 Å². The van der Waals surface area contributed by atoms with Crippen molar-refractivity contribution in [3.63, 3.8) is 0 Å². The highest BCUT2D eigenvalue weighted by molar-refractivity contribution is 5.93. The SMILES string of the molecule is COc1cc(NC(=O)C2CCCC(C(=O)O)C2)ccc1F. The Morgan fingerprint density at radius 3 is 2.71 bits per heavy atom. The van der Waals surface area contributed by atoms with Crippen molar-refractivity contribution in [1.29, 1.82) is 0 Å². The minimum Gasteiger partial charge on any atom is -0.494 e. The van der Waals surface area contributed by atoms with Gasteiger partial charge in [-0.05, 0) is 31.4 Å². The number of hydrogen-bond acceptors (Lipinski definition) is 3. The Morgan fingerprint density at radius 2 is 2.05 bits per heavy atom. The first-order valence-electron chi connectivity index (χ1n) is 6.88. The predicted octanol–water partition coefficient (Wildman–Crippen LogP) is 2.66. The average molecular weight is 295 g/mol. The number of rotatable bonds is 4. The molecule has 1 aromatic rings. The highest BCUT2D eigenvalue weighted by atomic mass is 19.1. The lowest BCUT2D eigenvalue weighted by Gasteiger charge is -2.25. The second-order valence-corrected chi connectivity index (χ2v) is 5.24. The summed E-state index contributed by atoms with van der Waals surface area (Å²) < 4.78 is 18.2. The second kappa shape index (κ2) is 6.56. The molecule has 0 aliphatic heterocycles. The van der Waals surface area contributed by atoms with Gasteiger partial charge in [-0.15, -0.1) is 0 Å². The molecular weight excluding hydrogens is 277 g/mol. The zero-order valence-electron chi connectivity index (χ0n) is 11.8.